The van der Waals surface area contributed by atoms with Crippen molar-refractivity contribution in [3.63, 3.8) is 0 Å². The maximum absolute atomic E-state index is 11.3. The zero-order valence-electron chi connectivity index (χ0n) is 10.1. The molecule has 3 nitrogen and oxygen atoms in total. The van der Waals surface area contributed by atoms with Gasteiger partial charge < -0.3 is 5.32 Å². The van der Waals surface area contributed by atoms with Gasteiger partial charge in [-0.05, 0) is 31.9 Å². The van der Waals surface area contributed by atoms with Crippen LogP contribution in [0.15, 0.2) is 24.3 Å². The molecule has 1 aromatic rings. The highest BCUT2D eigenvalue weighted by Crippen LogP contribution is 2.11. The Bertz CT molecular complexity index is 482. The molecule has 1 heterocycles. The van der Waals surface area contributed by atoms with Crippen LogP contribution < -0.4 is 5.32 Å². The van der Waals surface area contributed by atoms with Crippen molar-refractivity contribution in [2.75, 3.05) is 18.1 Å². The fraction of sp³-hybridized carbons (Fsp3) is 0.538. The van der Waals surface area contributed by atoms with Gasteiger partial charge in [0.25, 0.3) is 0 Å². The zero-order chi connectivity index (χ0) is 12.3. The molecule has 2 rings (SSSR count). The van der Waals surface area contributed by atoms with Crippen molar-refractivity contribution in [1.82, 2.24) is 5.32 Å². The second-order valence-corrected chi connectivity index (χ2v) is 7.02. The minimum atomic E-state index is -2.76. The van der Waals surface area contributed by atoms with E-state index in [0.717, 1.165) is 19.4 Å². The highest BCUT2D eigenvalue weighted by molar-refractivity contribution is 7.91. The zero-order valence-corrected chi connectivity index (χ0v) is 11.0. The van der Waals surface area contributed by atoms with E-state index in [1.54, 1.807) is 0 Å². The average Bonchev–Trinajstić information content (AvgIpc) is 2.58. The predicted octanol–water partition coefficient (Wildman–Crippen LogP) is 1.31. The molecule has 17 heavy (non-hydrogen) atoms. The number of sulfone groups is 1. The minimum Gasteiger partial charge on any atom is -0.313 e. The molecule has 1 unspecified atom stereocenters. The molecule has 0 saturated carbocycles. The van der Waals surface area contributed by atoms with Gasteiger partial charge in [0.2, 0.25) is 0 Å². The first kappa shape index (κ1) is 12.6. The van der Waals surface area contributed by atoms with Gasteiger partial charge in [-0.1, -0.05) is 29.8 Å². The highest BCUT2D eigenvalue weighted by atomic mass is 32.2. The molecule has 4 heteroatoms. The van der Waals surface area contributed by atoms with Crippen LogP contribution in [0.3, 0.4) is 0 Å². The van der Waals surface area contributed by atoms with Crippen molar-refractivity contribution in [3.05, 3.63) is 35.4 Å². The fourth-order valence-corrected chi connectivity index (χ4v) is 3.95. The van der Waals surface area contributed by atoms with Gasteiger partial charge in [0.05, 0.1) is 11.5 Å². The molecule has 0 aromatic heterocycles. The Balaban J connectivity index is 1.77. The van der Waals surface area contributed by atoms with E-state index in [-0.39, 0.29) is 6.04 Å². The van der Waals surface area contributed by atoms with Crippen LogP contribution in [0.2, 0.25) is 0 Å². The molecule has 1 aliphatic rings. The molecule has 1 N–H and O–H groups in total. The van der Waals surface area contributed by atoms with Crippen molar-refractivity contribution < 1.29 is 8.42 Å². The lowest BCUT2D eigenvalue weighted by molar-refractivity contribution is 0.557. The second kappa shape index (κ2) is 5.19. The Labute approximate surface area is 103 Å². The van der Waals surface area contributed by atoms with Gasteiger partial charge in [-0.3, -0.25) is 0 Å². The van der Waals surface area contributed by atoms with Crippen LogP contribution in [0.1, 0.15) is 17.5 Å². The molecule has 1 fully saturated rings. The average molecular weight is 253 g/mol. The van der Waals surface area contributed by atoms with E-state index < -0.39 is 9.84 Å². The Hall–Kier alpha value is -0.870. The Kier molecular flexibility index (Phi) is 3.84. The van der Waals surface area contributed by atoms with Crippen LogP contribution in [-0.4, -0.2) is 32.5 Å². The van der Waals surface area contributed by atoms with Gasteiger partial charge in [-0.15, -0.1) is 0 Å². The normalized spacial score (nSPS) is 22.8. The van der Waals surface area contributed by atoms with Crippen molar-refractivity contribution in [2.45, 2.75) is 25.8 Å². The molecular formula is C13H19NO2S. The van der Waals surface area contributed by atoms with Crippen LogP contribution in [0.5, 0.6) is 0 Å². The third-order valence-electron chi connectivity index (χ3n) is 3.16. The summed E-state index contributed by atoms with van der Waals surface area (Å²) in [6.07, 6.45) is 1.72. The molecule has 0 amide bonds. The van der Waals surface area contributed by atoms with Crippen LogP contribution >= 0.6 is 0 Å². The van der Waals surface area contributed by atoms with Crippen LogP contribution in [0.25, 0.3) is 0 Å². The van der Waals surface area contributed by atoms with Gasteiger partial charge in [0.15, 0.2) is 9.84 Å². The predicted molar refractivity (Wildman–Crippen MR) is 69.9 cm³/mol. The lowest BCUT2D eigenvalue weighted by atomic mass is 10.1. The minimum absolute atomic E-state index is 0.157. The van der Waals surface area contributed by atoms with E-state index in [9.17, 15) is 8.42 Å². The molecular weight excluding hydrogens is 234 g/mol. The van der Waals surface area contributed by atoms with E-state index in [1.807, 2.05) is 0 Å². The van der Waals surface area contributed by atoms with Gasteiger partial charge in [-0.2, -0.15) is 0 Å². The van der Waals surface area contributed by atoms with Crippen molar-refractivity contribution in [2.24, 2.45) is 0 Å². The molecule has 0 spiro atoms. The summed E-state index contributed by atoms with van der Waals surface area (Å²) >= 11 is 0. The summed E-state index contributed by atoms with van der Waals surface area (Å²) in [5.74, 6) is 0.649. The van der Waals surface area contributed by atoms with Crippen LogP contribution in [-0.2, 0) is 16.3 Å². The quantitative estimate of drug-likeness (QED) is 0.880. The van der Waals surface area contributed by atoms with Gasteiger partial charge >= 0.3 is 0 Å². The summed E-state index contributed by atoms with van der Waals surface area (Å²) in [5, 5.41) is 3.33. The lowest BCUT2D eigenvalue weighted by Crippen LogP contribution is -2.31. The number of nitrogens with one attached hydrogen (secondary N) is 1. The fourth-order valence-electron chi connectivity index (χ4n) is 2.24. The number of hydrogen-bond acceptors (Lipinski definition) is 3. The van der Waals surface area contributed by atoms with E-state index >= 15 is 0 Å². The first-order valence-electron chi connectivity index (χ1n) is 6.04. The summed E-state index contributed by atoms with van der Waals surface area (Å²) in [7, 11) is -2.76. The second-order valence-electron chi connectivity index (χ2n) is 4.79. The molecule has 1 aromatic carbocycles. The standard InChI is InChI=1S/C13H19NO2S/c1-11-3-2-4-12(9-11)5-7-14-13-6-8-17(15,16)10-13/h2-4,9,13-14H,5-8,10H2,1H3. The van der Waals surface area contributed by atoms with E-state index in [1.165, 1.54) is 11.1 Å². The Morgan fingerprint density at radius 1 is 1.41 bits per heavy atom. The lowest BCUT2D eigenvalue weighted by Gasteiger charge is -2.10. The SMILES string of the molecule is Cc1cccc(CCNC2CCS(=O)(=O)C2)c1. The Morgan fingerprint density at radius 2 is 2.24 bits per heavy atom. The van der Waals surface area contributed by atoms with E-state index in [2.05, 4.69) is 36.5 Å². The molecule has 1 aliphatic heterocycles. The van der Waals surface area contributed by atoms with Crippen LogP contribution in [0, 0.1) is 6.92 Å². The maximum Gasteiger partial charge on any atom is 0.151 e. The summed E-state index contributed by atoms with van der Waals surface area (Å²) in [6, 6.07) is 8.59. The van der Waals surface area contributed by atoms with Crippen molar-refractivity contribution >= 4 is 9.84 Å². The van der Waals surface area contributed by atoms with Crippen molar-refractivity contribution in [3.8, 4) is 0 Å². The molecule has 0 radical (unpaired) electrons. The highest BCUT2D eigenvalue weighted by Gasteiger charge is 2.26. The topological polar surface area (TPSA) is 46.2 Å². The number of rotatable bonds is 4. The third kappa shape index (κ3) is 3.82. The molecule has 0 aliphatic carbocycles. The largest absolute Gasteiger partial charge is 0.313 e. The molecule has 0 bridgehead atoms. The van der Waals surface area contributed by atoms with Gasteiger partial charge in [-0.25, -0.2) is 8.42 Å². The molecule has 1 atom stereocenters. The molecule has 1 saturated heterocycles. The number of aryl methyl sites for hydroxylation is 1. The smallest absolute Gasteiger partial charge is 0.151 e. The molecule has 94 valence electrons. The first-order valence-corrected chi connectivity index (χ1v) is 7.87. The third-order valence-corrected chi connectivity index (χ3v) is 4.93. The summed E-state index contributed by atoms with van der Waals surface area (Å²) in [4.78, 5) is 0. The van der Waals surface area contributed by atoms with Crippen LogP contribution in [0.4, 0.5) is 0 Å². The van der Waals surface area contributed by atoms with Gasteiger partial charge in [0.1, 0.15) is 0 Å². The summed E-state index contributed by atoms with van der Waals surface area (Å²) in [6.45, 7) is 2.93. The number of hydrogen-bond donors (Lipinski definition) is 1. The Morgan fingerprint density at radius 3 is 2.88 bits per heavy atom. The van der Waals surface area contributed by atoms with E-state index in [4.69, 9.17) is 0 Å². The van der Waals surface area contributed by atoms with Gasteiger partial charge in [0, 0.05) is 6.04 Å². The monoisotopic (exact) mass is 253 g/mol. The maximum atomic E-state index is 11.3. The van der Waals surface area contributed by atoms with Crippen molar-refractivity contribution in [1.29, 1.82) is 0 Å². The summed E-state index contributed by atoms with van der Waals surface area (Å²) < 4.78 is 22.6. The summed E-state index contributed by atoms with van der Waals surface area (Å²) in [5.41, 5.74) is 2.57. The first-order chi connectivity index (χ1) is 8.05. The number of benzene rings is 1. The van der Waals surface area contributed by atoms with E-state index in [0.29, 0.717) is 11.5 Å².